The number of hydrogen-bond donors (Lipinski definition) is 0. The van der Waals surface area contributed by atoms with E-state index in [0.29, 0.717) is 23.3 Å². The number of ether oxygens (including phenoxy) is 2. The maximum absolute atomic E-state index is 12.6. The summed E-state index contributed by atoms with van der Waals surface area (Å²) in [5, 5.41) is 0.588. The van der Waals surface area contributed by atoms with E-state index < -0.39 is 0 Å². The second-order valence-electron chi connectivity index (χ2n) is 7.77. The quantitative estimate of drug-likeness (QED) is 0.509. The van der Waals surface area contributed by atoms with Crippen LogP contribution in [0, 0.1) is 6.92 Å². The highest BCUT2D eigenvalue weighted by Gasteiger charge is 2.13. The lowest BCUT2D eigenvalue weighted by atomic mass is 10.1. The van der Waals surface area contributed by atoms with Crippen molar-refractivity contribution in [2.45, 2.75) is 26.2 Å². The molecule has 0 radical (unpaired) electrons. The third kappa shape index (κ3) is 4.91. The average molecular weight is 408 g/mol. The van der Waals surface area contributed by atoms with Crippen LogP contribution in [-0.4, -0.2) is 44.4 Å². The van der Waals surface area contributed by atoms with E-state index in [9.17, 15) is 4.79 Å². The smallest absolute Gasteiger partial charge is 0.193 e. The number of aryl methyl sites for hydroxylation is 1. The Morgan fingerprint density at radius 2 is 1.80 bits per heavy atom. The Bertz CT molecular complexity index is 1020. The number of rotatable bonds is 8. The molecule has 0 atom stereocenters. The van der Waals surface area contributed by atoms with Gasteiger partial charge < -0.3 is 13.9 Å². The van der Waals surface area contributed by atoms with Crippen molar-refractivity contribution in [2.75, 3.05) is 39.5 Å². The monoisotopic (exact) mass is 407 g/mol. The fourth-order valence-corrected chi connectivity index (χ4v) is 3.86. The van der Waals surface area contributed by atoms with Gasteiger partial charge in [0.15, 0.2) is 5.43 Å². The number of fused-ring (bicyclic) bond motifs is 1. The van der Waals surface area contributed by atoms with Crippen LogP contribution in [0.2, 0.25) is 0 Å². The van der Waals surface area contributed by atoms with Crippen LogP contribution in [0.5, 0.6) is 5.75 Å². The lowest BCUT2D eigenvalue weighted by Gasteiger charge is -2.26. The molecule has 1 aliphatic heterocycles. The first kappa shape index (κ1) is 20.6. The Balaban J connectivity index is 1.38. The highest BCUT2D eigenvalue weighted by molar-refractivity contribution is 5.83. The average Bonchev–Trinajstić information content (AvgIpc) is 2.79. The zero-order chi connectivity index (χ0) is 20.8. The van der Waals surface area contributed by atoms with E-state index in [-0.39, 0.29) is 5.43 Å². The Morgan fingerprint density at radius 3 is 2.60 bits per heavy atom. The van der Waals surface area contributed by atoms with Crippen LogP contribution in [0.25, 0.3) is 22.3 Å². The molecule has 2 aromatic carbocycles. The zero-order valence-electron chi connectivity index (χ0n) is 17.6. The normalized spacial score (nSPS) is 14.8. The van der Waals surface area contributed by atoms with Crippen molar-refractivity contribution in [3.05, 3.63) is 64.3 Å². The molecule has 1 aliphatic rings. The van der Waals surface area contributed by atoms with E-state index in [1.165, 1.54) is 6.42 Å². The van der Waals surface area contributed by atoms with Crippen molar-refractivity contribution in [1.82, 2.24) is 4.90 Å². The fourth-order valence-electron chi connectivity index (χ4n) is 3.86. The summed E-state index contributed by atoms with van der Waals surface area (Å²) < 4.78 is 17.5. The van der Waals surface area contributed by atoms with E-state index in [4.69, 9.17) is 13.9 Å². The molecule has 158 valence electrons. The second kappa shape index (κ2) is 9.92. The van der Waals surface area contributed by atoms with Crippen molar-refractivity contribution < 1.29 is 13.9 Å². The highest BCUT2D eigenvalue weighted by atomic mass is 16.5. The third-order valence-corrected chi connectivity index (χ3v) is 5.63. The topological polar surface area (TPSA) is 51.9 Å². The molecule has 0 saturated carbocycles. The summed E-state index contributed by atoms with van der Waals surface area (Å²) in [6.45, 7) is 7.54. The van der Waals surface area contributed by atoms with Gasteiger partial charge in [-0.1, -0.05) is 30.3 Å². The van der Waals surface area contributed by atoms with Crippen molar-refractivity contribution >= 4 is 11.0 Å². The molecule has 4 rings (SSSR count). The van der Waals surface area contributed by atoms with E-state index in [1.54, 1.807) is 12.1 Å². The number of morpholine rings is 1. The molecule has 5 nitrogen and oxygen atoms in total. The van der Waals surface area contributed by atoms with E-state index in [2.05, 4.69) is 4.90 Å². The largest absolute Gasteiger partial charge is 0.493 e. The van der Waals surface area contributed by atoms with Crippen LogP contribution >= 0.6 is 0 Å². The minimum absolute atomic E-state index is 0.0344. The molecule has 1 saturated heterocycles. The summed E-state index contributed by atoms with van der Waals surface area (Å²) in [4.78, 5) is 15.0. The summed E-state index contributed by atoms with van der Waals surface area (Å²) in [6.07, 6.45) is 3.32. The molecule has 0 N–H and O–H groups in total. The minimum Gasteiger partial charge on any atom is -0.493 e. The first-order valence-electron chi connectivity index (χ1n) is 10.8. The summed E-state index contributed by atoms with van der Waals surface area (Å²) in [5.74, 6) is 1.36. The maximum Gasteiger partial charge on any atom is 0.193 e. The molecule has 0 unspecified atom stereocenters. The van der Waals surface area contributed by atoms with E-state index >= 15 is 0 Å². The van der Waals surface area contributed by atoms with Gasteiger partial charge in [0.05, 0.1) is 25.2 Å². The maximum atomic E-state index is 12.6. The molecule has 0 bridgehead atoms. The van der Waals surface area contributed by atoms with Crippen molar-refractivity contribution in [1.29, 1.82) is 0 Å². The molecular weight excluding hydrogens is 378 g/mol. The molecule has 1 fully saturated rings. The predicted octanol–water partition coefficient (Wildman–Crippen LogP) is 4.65. The molecule has 0 aliphatic carbocycles. The molecular formula is C25H29NO4. The number of unbranched alkanes of at least 4 members (excludes halogenated alkanes) is 2. The van der Waals surface area contributed by atoms with Crippen LogP contribution in [0.3, 0.4) is 0 Å². The molecule has 0 amide bonds. The van der Waals surface area contributed by atoms with Gasteiger partial charge in [-0.15, -0.1) is 0 Å². The van der Waals surface area contributed by atoms with Gasteiger partial charge in [0.1, 0.15) is 17.1 Å². The Kier molecular flexibility index (Phi) is 6.82. The molecule has 5 heteroatoms. The van der Waals surface area contributed by atoms with Gasteiger partial charge in [-0.3, -0.25) is 9.69 Å². The van der Waals surface area contributed by atoms with Crippen molar-refractivity contribution in [3.8, 4) is 17.1 Å². The van der Waals surface area contributed by atoms with Gasteiger partial charge in [-0.25, -0.2) is 0 Å². The van der Waals surface area contributed by atoms with Crippen molar-refractivity contribution in [3.63, 3.8) is 0 Å². The number of hydrogen-bond acceptors (Lipinski definition) is 5. The molecule has 3 aromatic rings. The first-order valence-corrected chi connectivity index (χ1v) is 10.8. The molecule has 1 aromatic heterocycles. The van der Waals surface area contributed by atoms with Gasteiger partial charge in [0, 0.05) is 30.3 Å². The Hall–Kier alpha value is -2.63. The minimum atomic E-state index is -0.0344. The van der Waals surface area contributed by atoms with Gasteiger partial charge >= 0.3 is 0 Å². The van der Waals surface area contributed by atoms with E-state index in [0.717, 1.165) is 62.6 Å². The summed E-state index contributed by atoms with van der Waals surface area (Å²) in [7, 11) is 0. The van der Waals surface area contributed by atoms with Crippen molar-refractivity contribution in [2.24, 2.45) is 0 Å². The van der Waals surface area contributed by atoms with Crippen LogP contribution in [0.15, 0.2) is 57.7 Å². The lowest BCUT2D eigenvalue weighted by molar-refractivity contribution is 0.0370. The predicted molar refractivity (Wildman–Crippen MR) is 119 cm³/mol. The SMILES string of the molecule is Cc1c(OCCCCCN2CCOCC2)ccc2c(=O)cc(-c3ccccc3)oc12. The van der Waals surface area contributed by atoms with Crippen LogP contribution < -0.4 is 10.2 Å². The van der Waals surface area contributed by atoms with Gasteiger partial charge in [0.25, 0.3) is 0 Å². The zero-order valence-corrected chi connectivity index (χ0v) is 17.6. The van der Waals surface area contributed by atoms with Gasteiger partial charge in [-0.2, -0.15) is 0 Å². The first-order chi connectivity index (χ1) is 14.7. The molecule has 0 spiro atoms. The fraction of sp³-hybridized carbons (Fsp3) is 0.400. The molecule has 2 heterocycles. The van der Waals surface area contributed by atoms with E-state index in [1.807, 2.05) is 43.3 Å². The number of nitrogens with zero attached hydrogens (tertiary/aromatic N) is 1. The van der Waals surface area contributed by atoms with Crippen LogP contribution in [0.4, 0.5) is 0 Å². The summed E-state index contributed by atoms with van der Waals surface area (Å²) in [6, 6.07) is 14.9. The summed E-state index contributed by atoms with van der Waals surface area (Å²) >= 11 is 0. The highest BCUT2D eigenvalue weighted by Crippen LogP contribution is 2.29. The third-order valence-electron chi connectivity index (χ3n) is 5.63. The standard InChI is InChI=1S/C25H29NO4/c1-19-23(29-15-7-3-6-12-26-13-16-28-17-14-26)11-10-21-22(27)18-24(30-25(19)21)20-8-4-2-5-9-20/h2,4-5,8-11,18H,3,6-7,12-17H2,1H3. The van der Waals surface area contributed by atoms with Gasteiger partial charge in [0.2, 0.25) is 0 Å². The molecule has 30 heavy (non-hydrogen) atoms. The Morgan fingerprint density at radius 1 is 1.00 bits per heavy atom. The van der Waals surface area contributed by atoms with Crippen LogP contribution in [-0.2, 0) is 4.74 Å². The summed E-state index contributed by atoms with van der Waals surface area (Å²) in [5.41, 5.74) is 2.33. The number of benzene rings is 2. The van der Waals surface area contributed by atoms with Gasteiger partial charge in [-0.05, 0) is 44.9 Å². The Labute approximate surface area is 177 Å². The second-order valence-corrected chi connectivity index (χ2v) is 7.77. The lowest BCUT2D eigenvalue weighted by Crippen LogP contribution is -2.36. The van der Waals surface area contributed by atoms with Crippen LogP contribution in [0.1, 0.15) is 24.8 Å².